The molecular formula is C14H16ClN3OS. The molecule has 1 heterocycles. The minimum atomic E-state index is -0.0689. The number of nitrogens with one attached hydrogen (secondary N) is 2. The molecule has 0 aliphatic heterocycles. The van der Waals surface area contributed by atoms with Gasteiger partial charge in [-0.05, 0) is 25.0 Å². The van der Waals surface area contributed by atoms with Gasteiger partial charge in [-0.25, -0.2) is 4.98 Å². The summed E-state index contributed by atoms with van der Waals surface area (Å²) in [6.45, 7) is 0.252. The van der Waals surface area contributed by atoms with E-state index in [1.165, 1.54) is 24.2 Å². The highest BCUT2D eigenvalue weighted by Gasteiger charge is 2.26. The maximum atomic E-state index is 11.8. The van der Waals surface area contributed by atoms with Crippen molar-refractivity contribution < 1.29 is 4.79 Å². The van der Waals surface area contributed by atoms with E-state index < -0.39 is 0 Å². The third kappa shape index (κ3) is 3.95. The zero-order valence-corrected chi connectivity index (χ0v) is 12.5. The summed E-state index contributed by atoms with van der Waals surface area (Å²) in [5.74, 6) is 0.560. The Kier molecular flexibility index (Phi) is 4.98. The Hall–Kier alpha value is -1.59. The lowest BCUT2D eigenvalue weighted by atomic mass is 10.3. The van der Waals surface area contributed by atoms with Crippen molar-refractivity contribution in [2.75, 3.05) is 17.2 Å². The van der Waals surface area contributed by atoms with Gasteiger partial charge in [-0.1, -0.05) is 18.2 Å². The molecule has 2 N–H and O–H groups in total. The lowest BCUT2D eigenvalue weighted by Gasteiger charge is -2.05. The van der Waals surface area contributed by atoms with Crippen LogP contribution in [0.1, 0.15) is 24.5 Å². The van der Waals surface area contributed by atoms with E-state index in [0.29, 0.717) is 11.0 Å². The Morgan fingerprint density at radius 3 is 2.75 bits per heavy atom. The van der Waals surface area contributed by atoms with Crippen molar-refractivity contribution in [3.05, 3.63) is 41.4 Å². The zero-order chi connectivity index (χ0) is 13.1. The van der Waals surface area contributed by atoms with Gasteiger partial charge in [-0.15, -0.1) is 23.7 Å². The fourth-order valence-electron chi connectivity index (χ4n) is 1.81. The molecule has 0 bridgehead atoms. The second kappa shape index (κ2) is 6.72. The highest BCUT2D eigenvalue weighted by atomic mass is 35.5. The van der Waals surface area contributed by atoms with Gasteiger partial charge in [0.05, 0.1) is 12.2 Å². The maximum Gasteiger partial charge on any atom is 0.245 e. The number of hydrogen-bond acceptors (Lipinski definition) is 4. The molecule has 3 rings (SSSR count). The summed E-state index contributed by atoms with van der Waals surface area (Å²) in [5, 5.41) is 8.63. The monoisotopic (exact) mass is 309 g/mol. The Morgan fingerprint density at radius 1 is 1.30 bits per heavy atom. The number of carbonyl (C=O) groups excluding carboxylic acids is 1. The zero-order valence-electron chi connectivity index (χ0n) is 10.8. The number of anilines is 2. The smallest absolute Gasteiger partial charge is 0.245 e. The SMILES string of the molecule is Cl.O=C(CNc1ccccc1)Nc1nc(C2CC2)cs1. The van der Waals surface area contributed by atoms with Gasteiger partial charge < -0.3 is 10.6 Å². The molecule has 1 aliphatic carbocycles. The number of halogens is 1. The summed E-state index contributed by atoms with van der Waals surface area (Å²) in [4.78, 5) is 16.2. The molecule has 0 unspecified atom stereocenters. The fourth-order valence-corrected chi connectivity index (χ4v) is 2.62. The molecule has 2 aromatic rings. The van der Waals surface area contributed by atoms with Crippen molar-refractivity contribution in [2.24, 2.45) is 0 Å². The topological polar surface area (TPSA) is 54.0 Å². The lowest BCUT2D eigenvalue weighted by molar-refractivity contribution is -0.114. The van der Waals surface area contributed by atoms with Crippen molar-refractivity contribution in [3.63, 3.8) is 0 Å². The molecule has 1 aromatic carbocycles. The maximum absolute atomic E-state index is 11.8. The Labute approximate surface area is 128 Å². The molecule has 1 saturated carbocycles. The molecule has 6 heteroatoms. The largest absolute Gasteiger partial charge is 0.376 e. The van der Waals surface area contributed by atoms with Crippen LogP contribution in [0.2, 0.25) is 0 Å². The lowest BCUT2D eigenvalue weighted by Crippen LogP contribution is -2.21. The predicted octanol–water partition coefficient (Wildman–Crippen LogP) is 3.49. The van der Waals surface area contributed by atoms with Crippen LogP contribution in [0.3, 0.4) is 0 Å². The molecule has 0 saturated heterocycles. The molecule has 1 aliphatic rings. The molecule has 20 heavy (non-hydrogen) atoms. The van der Waals surface area contributed by atoms with E-state index in [9.17, 15) is 4.79 Å². The van der Waals surface area contributed by atoms with E-state index in [1.54, 1.807) is 0 Å². The Morgan fingerprint density at radius 2 is 2.05 bits per heavy atom. The van der Waals surface area contributed by atoms with Crippen LogP contribution in [0.4, 0.5) is 10.8 Å². The first-order valence-corrected chi connectivity index (χ1v) is 7.23. The van der Waals surface area contributed by atoms with Crippen molar-refractivity contribution in [3.8, 4) is 0 Å². The quantitative estimate of drug-likeness (QED) is 0.889. The van der Waals surface area contributed by atoms with E-state index in [1.807, 2.05) is 35.7 Å². The van der Waals surface area contributed by atoms with Crippen LogP contribution >= 0.6 is 23.7 Å². The van der Waals surface area contributed by atoms with Gasteiger partial charge in [0, 0.05) is 17.0 Å². The summed E-state index contributed by atoms with van der Waals surface area (Å²) in [6, 6.07) is 9.68. The van der Waals surface area contributed by atoms with Crippen LogP contribution in [0.15, 0.2) is 35.7 Å². The van der Waals surface area contributed by atoms with Crippen LogP contribution in [-0.2, 0) is 4.79 Å². The van der Waals surface area contributed by atoms with Gasteiger partial charge in [-0.3, -0.25) is 4.79 Å². The number of carbonyl (C=O) groups is 1. The third-order valence-corrected chi connectivity index (χ3v) is 3.77. The number of para-hydroxylation sites is 1. The highest BCUT2D eigenvalue weighted by Crippen LogP contribution is 2.40. The summed E-state index contributed by atoms with van der Waals surface area (Å²) >= 11 is 1.50. The van der Waals surface area contributed by atoms with Gasteiger partial charge in [0.1, 0.15) is 0 Å². The standard InChI is InChI=1S/C14H15N3OS.ClH/c18-13(8-15-11-4-2-1-3-5-11)17-14-16-12(9-19-14)10-6-7-10;/h1-5,9-10,15H,6-8H2,(H,16,17,18);1H. The second-order valence-corrected chi connectivity index (χ2v) is 5.48. The number of aromatic nitrogens is 1. The van der Waals surface area contributed by atoms with Crippen LogP contribution < -0.4 is 10.6 Å². The third-order valence-electron chi connectivity index (χ3n) is 2.99. The van der Waals surface area contributed by atoms with Gasteiger partial charge in [0.2, 0.25) is 5.91 Å². The van der Waals surface area contributed by atoms with Gasteiger partial charge >= 0.3 is 0 Å². The number of rotatable bonds is 5. The number of nitrogens with zero attached hydrogens (tertiary/aromatic N) is 1. The number of amides is 1. The minimum Gasteiger partial charge on any atom is -0.376 e. The summed E-state index contributed by atoms with van der Waals surface area (Å²) in [5.41, 5.74) is 2.06. The summed E-state index contributed by atoms with van der Waals surface area (Å²) in [7, 11) is 0. The van der Waals surface area contributed by atoms with Crippen molar-refractivity contribution in [2.45, 2.75) is 18.8 Å². The first-order chi connectivity index (χ1) is 9.31. The first kappa shape index (κ1) is 14.8. The normalized spacial score (nSPS) is 13.4. The van der Waals surface area contributed by atoms with E-state index >= 15 is 0 Å². The molecule has 106 valence electrons. The average Bonchev–Trinajstić information content (AvgIpc) is 3.19. The van der Waals surface area contributed by atoms with Crippen LogP contribution in [0.25, 0.3) is 0 Å². The Bertz CT molecular complexity index is 569. The molecule has 0 atom stereocenters. The van der Waals surface area contributed by atoms with Gasteiger partial charge in [-0.2, -0.15) is 0 Å². The van der Waals surface area contributed by atoms with Crippen LogP contribution in [0.5, 0.6) is 0 Å². The predicted molar refractivity (Wildman–Crippen MR) is 84.9 cm³/mol. The highest BCUT2D eigenvalue weighted by molar-refractivity contribution is 7.13. The molecule has 0 spiro atoms. The van der Waals surface area contributed by atoms with Gasteiger partial charge in [0.25, 0.3) is 0 Å². The van der Waals surface area contributed by atoms with Gasteiger partial charge in [0.15, 0.2) is 5.13 Å². The van der Waals surface area contributed by atoms with Crippen LogP contribution in [0, 0.1) is 0 Å². The summed E-state index contributed by atoms with van der Waals surface area (Å²) < 4.78 is 0. The van der Waals surface area contributed by atoms with E-state index in [4.69, 9.17) is 0 Å². The second-order valence-electron chi connectivity index (χ2n) is 4.62. The van der Waals surface area contributed by atoms with Crippen molar-refractivity contribution in [1.82, 2.24) is 4.98 Å². The molecule has 0 radical (unpaired) electrons. The molecule has 4 nitrogen and oxygen atoms in total. The molecule has 1 aromatic heterocycles. The van der Waals surface area contributed by atoms with Crippen LogP contribution in [-0.4, -0.2) is 17.4 Å². The average molecular weight is 310 g/mol. The number of benzene rings is 1. The first-order valence-electron chi connectivity index (χ1n) is 6.35. The minimum absolute atomic E-state index is 0. The molecule has 1 fully saturated rings. The molecular weight excluding hydrogens is 294 g/mol. The fraction of sp³-hybridized carbons (Fsp3) is 0.286. The van der Waals surface area contributed by atoms with Crippen molar-refractivity contribution in [1.29, 1.82) is 0 Å². The van der Waals surface area contributed by atoms with E-state index in [0.717, 1.165) is 11.4 Å². The summed E-state index contributed by atoms with van der Waals surface area (Å²) in [6.07, 6.45) is 2.46. The van der Waals surface area contributed by atoms with Crippen molar-refractivity contribution >= 4 is 40.5 Å². The van der Waals surface area contributed by atoms with E-state index in [-0.39, 0.29) is 24.9 Å². The van der Waals surface area contributed by atoms with E-state index in [2.05, 4.69) is 15.6 Å². The Balaban J connectivity index is 0.00000147. The number of thiazole rings is 1. The molecule has 1 amide bonds. The number of hydrogen-bond donors (Lipinski definition) is 2.